The number of halogens is 1. The summed E-state index contributed by atoms with van der Waals surface area (Å²) in [5, 5.41) is 0. The molecule has 14 heavy (non-hydrogen) atoms. The lowest BCUT2D eigenvalue weighted by Gasteiger charge is -2.22. The molecule has 0 spiro atoms. The van der Waals surface area contributed by atoms with E-state index in [1.165, 1.54) is 0 Å². The number of benzene rings is 1. The monoisotopic (exact) mass is 254 g/mol. The Kier molecular flexibility index (Phi) is 2.99. The van der Waals surface area contributed by atoms with E-state index in [9.17, 15) is 4.79 Å². The fourth-order valence-electron chi connectivity index (χ4n) is 1.60. The fourth-order valence-corrected chi connectivity index (χ4v) is 2.02. The molecule has 74 valence electrons. The van der Waals surface area contributed by atoms with Crippen LogP contribution in [0.3, 0.4) is 0 Å². The molecular formula is C11H11BrO2. The minimum Gasteiger partial charge on any atom is -0.373 e. The van der Waals surface area contributed by atoms with Gasteiger partial charge in [-0.3, -0.25) is 4.79 Å². The Bertz CT molecular complexity index is 349. The number of Topliss-reactive ketones (excluding diaryl/α,β-unsaturated/α-hetero) is 1. The van der Waals surface area contributed by atoms with Crippen molar-refractivity contribution in [1.29, 1.82) is 0 Å². The Morgan fingerprint density at radius 3 is 3.00 bits per heavy atom. The van der Waals surface area contributed by atoms with E-state index in [4.69, 9.17) is 4.74 Å². The molecule has 0 bridgehead atoms. The van der Waals surface area contributed by atoms with Crippen molar-refractivity contribution in [1.82, 2.24) is 0 Å². The normalized spacial score (nSPS) is 22.4. The van der Waals surface area contributed by atoms with Gasteiger partial charge in [0.2, 0.25) is 0 Å². The molecule has 2 rings (SSSR count). The van der Waals surface area contributed by atoms with Crippen LogP contribution >= 0.6 is 15.9 Å². The predicted molar refractivity (Wildman–Crippen MR) is 57.1 cm³/mol. The smallest absolute Gasteiger partial charge is 0.138 e. The van der Waals surface area contributed by atoms with Crippen LogP contribution in [0.15, 0.2) is 28.7 Å². The first-order valence-electron chi connectivity index (χ1n) is 4.64. The molecule has 1 fully saturated rings. The lowest BCUT2D eigenvalue weighted by molar-refractivity contribution is -0.128. The Morgan fingerprint density at radius 1 is 1.43 bits per heavy atom. The van der Waals surface area contributed by atoms with Crippen molar-refractivity contribution in [2.75, 3.05) is 6.61 Å². The van der Waals surface area contributed by atoms with Crippen LogP contribution < -0.4 is 0 Å². The summed E-state index contributed by atoms with van der Waals surface area (Å²) in [5.74, 6) is 0.293. The van der Waals surface area contributed by atoms with E-state index < -0.39 is 0 Å². The molecule has 1 aromatic carbocycles. The number of rotatable bonds is 1. The standard InChI is InChI=1S/C11H11BrO2/c12-9-3-1-2-8(6-9)11-7-10(13)4-5-14-11/h1-3,6,11H,4-5,7H2. The predicted octanol–water partition coefficient (Wildman–Crippen LogP) is 2.87. The summed E-state index contributed by atoms with van der Waals surface area (Å²) in [6, 6.07) is 7.92. The third kappa shape index (κ3) is 2.22. The third-order valence-corrected chi connectivity index (χ3v) is 2.83. The van der Waals surface area contributed by atoms with Crippen LogP contribution in [-0.2, 0) is 9.53 Å². The van der Waals surface area contributed by atoms with Gasteiger partial charge in [-0.15, -0.1) is 0 Å². The van der Waals surface area contributed by atoms with E-state index in [1.54, 1.807) is 0 Å². The molecule has 1 saturated heterocycles. The van der Waals surface area contributed by atoms with Gasteiger partial charge in [0.15, 0.2) is 0 Å². The zero-order valence-corrected chi connectivity index (χ0v) is 9.29. The molecule has 0 N–H and O–H groups in total. The number of ether oxygens (including phenoxy) is 1. The van der Waals surface area contributed by atoms with E-state index in [-0.39, 0.29) is 6.10 Å². The highest BCUT2D eigenvalue weighted by Gasteiger charge is 2.21. The van der Waals surface area contributed by atoms with Gasteiger partial charge >= 0.3 is 0 Å². The fraction of sp³-hybridized carbons (Fsp3) is 0.364. The molecule has 0 aliphatic carbocycles. The van der Waals surface area contributed by atoms with Crippen molar-refractivity contribution < 1.29 is 9.53 Å². The maximum Gasteiger partial charge on any atom is 0.138 e. The van der Waals surface area contributed by atoms with Crippen molar-refractivity contribution in [3.8, 4) is 0 Å². The van der Waals surface area contributed by atoms with E-state index in [2.05, 4.69) is 15.9 Å². The highest BCUT2D eigenvalue weighted by atomic mass is 79.9. The number of carbonyl (C=O) groups excluding carboxylic acids is 1. The van der Waals surface area contributed by atoms with Gasteiger partial charge in [-0.05, 0) is 17.7 Å². The van der Waals surface area contributed by atoms with Crippen molar-refractivity contribution >= 4 is 21.7 Å². The summed E-state index contributed by atoms with van der Waals surface area (Å²) in [6.45, 7) is 0.552. The van der Waals surface area contributed by atoms with Crippen LogP contribution in [0.2, 0.25) is 0 Å². The zero-order valence-electron chi connectivity index (χ0n) is 7.70. The molecule has 1 aliphatic heterocycles. The molecule has 0 aromatic heterocycles. The van der Waals surface area contributed by atoms with Gasteiger partial charge in [-0.25, -0.2) is 0 Å². The molecule has 0 saturated carbocycles. The minimum absolute atomic E-state index is 0.0475. The van der Waals surface area contributed by atoms with Crippen LogP contribution in [0.1, 0.15) is 24.5 Å². The Balaban J connectivity index is 2.17. The highest BCUT2D eigenvalue weighted by molar-refractivity contribution is 9.10. The summed E-state index contributed by atoms with van der Waals surface area (Å²) < 4.78 is 6.57. The zero-order chi connectivity index (χ0) is 9.97. The second-order valence-corrected chi connectivity index (χ2v) is 4.32. The number of carbonyl (C=O) groups is 1. The van der Waals surface area contributed by atoms with Crippen molar-refractivity contribution in [3.63, 3.8) is 0 Å². The highest BCUT2D eigenvalue weighted by Crippen LogP contribution is 2.27. The van der Waals surface area contributed by atoms with Crippen LogP contribution in [0.25, 0.3) is 0 Å². The summed E-state index contributed by atoms with van der Waals surface area (Å²) in [5.41, 5.74) is 1.08. The third-order valence-electron chi connectivity index (χ3n) is 2.33. The van der Waals surface area contributed by atoms with Gasteiger partial charge in [0.05, 0.1) is 12.7 Å². The second kappa shape index (κ2) is 4.24. The maximum atomic E-state index is 11.2. The lowest BCUT2D eigenvalue weighted by Crippen LogP contribution is -2.19. The van der Waals surface area contributed by atoms with Crippen LogP contribution in [0.5, 0.6) is 0 Å². The largest absolute Gasteiger partial charge is 0.373 e. The quantitative estimate of drug-likeness (QED) is 0.771. The molecule has 2 nitrogen and oxygen atoms in total. The first-order valence-corrected chi connectivity index (χ1v) is 5.44. The Hall–Kier alpha value is -0.670. The average molecular weight is 255 g/mol. The maximum absolute atomic E-state index is 11.2. The van der Waals surface area contributed by atoms with E-state index >= 15 is 0 Å². The molecule has 1 aliphatic rings. The molecule has 1 unspecified atom stereocenters. The van der Waals surface area contributed by atoms with E-state index in [0.29, 0.717) is 25.2 Å². The van der Waals surface area contributed by atoms with Crippen LogP contribution in [0.4, 0.5) is 0 Å². The van der Waals surface area contributed by atoms with Gasteiger partial charge in [0.25, 0.3) is 0 Å². The van der Waals surface area contributed by atoms with Crippen molar-refractivity contribution in [2.24, 2.45) is 0 Å². The van der Waals surface area contributed by atoms with Crippen molar-refractivity contribution in [2.45, 2.75) is 18.9 Å². The number of hydrogen-bond donors (Lipinski definition) is 0. The van der Waals surface area contributed by atoms with Crippen molar-refractivity contribution in [3.05, 3.63) is 34.3 Å². The van der Waals surface area contributed by atoms with Gasteiger partial charge in [0.1, 0.15) is 5.78 Å². The topological polar surface area (TPSA) is 26.3 Å². The van der Waals surface area contributed by atoms with Gasteiger partial charge < -0.3 is 4.74 Å². The molecular weight excluding hydrogens is 244 g/mol. The first kappa shape index (κ1) is 9.87. The van der Waals surface area contributed by atoms with E-state index in [0.717, 1.165) is 10.0 Å². The van der Waals surface area contributed by atoms with E-state index in [1.807, 2.05) is 24.3 Å². The van der Waals surface area contributed by atoms with Gasteiger partial charge in [-0.1, -0.05) is 28.1 Å². The van der Waals surface area contributed by atoms with Gasteiger partial charge in [0, 0.05) is 17.3 Å². The Morgan fingerprint density at radius 2 is 2.29 bits per heavy atom. The molecule has 1 aromatic rings. The molecule has 1 atom stereocenters. The molecule has 0 amide bonds. The summed E-state index contributed by atoms with van der Waals surface area (Å²) >= 11 is 3.40. The SMILES string of the molecule is O=C1CCOC(c2cccc(Br)c2)C1. The summed E-state index contributed by atoms with van der Waals surface area (Å²) in [6.07, 6.45) is 1.02. The number of hydrogen-bond acceptors (Lipinski definition) is 2. The summed E-state index contributed by atoms with van der Waals surface area (Å²) in [7, 11) is 0. The first-order chi connectivity index (χ1) is 6.75. The molecule has 3 heteroatoms. The number of ketones is 1. The average Bonchev–Trinajstić information content (AvgIpc) is 2.18. The minimum atomic E-state index is -0.0475. The van der Waals surface area contributed by atoms with Crippen LogP contribution in [0, 0.1) is 0 Å². The second-order valence-electron chi connectivity index (χ2n) is 3.41. The Labute approximate surface area is 91.4 Å². The van der Waals surface area contributed by atoms with Gasteiger partial charge in [-0.2, -0.15) is 0 Å². The lowest BCUT2D eigenvalue weighted by atomic mass is 10.0. The molecule has 1 heterocycles. The molecule has 0 radical (unpaired) electrons. The summed E-state index contributed by atoms with van der Waals surface area (Å²) in [4.78, 5) is 11.2. The van der Waals surface area contributed by atoms with Crippen LogP contribution in [-0.4, -0.2) is 12.4 Å².